The molecule has 0 aliphatic carbocycles. The van der Waals surface area contributed by atoms with Crippen LogP contribution in [0.3, 0.4) is 0 Å². The Morgan fingerprint density at radius 1 is 1.25 bits per heavy atom. The highest BCUT2D eigenvalue weighted by Crippen LogP contribution is 2.25. The average Bonchev–Trinajstić information content (AvgIpc) is 2.76. The van der Waals surface area contributed by atoms with Crippen molar-refractivity contribution in [2.45, 2.75) is 13.8 Å². The Balaban J connectivity index is 2.26. The lowest BCUT2D eigenvalue weighted by atomic mass is 10.1. The molecule has 2 heterocycles. The first-order valence-corrected chi connectivity index (χ1v) is 6.47. The van der Waals surface area contributed by atoms with Gasteiger partial charge >= 0.3 is 0 Å². The Bertz CT molecular complexity index is 818. The minimum absolute atomic E-state index is 0.0622. The number of fused-ring (bicyclic) bond motifs is 1. The van der Waals surface area contributed by atoms with E-state index in [9.17, 15) is 4.79 Å². The Hall–Kier alpha value is -2.49. The standard InChI is InChI=1S/C16H15N3O/c1-10-13(5-4-8-17-10)16-18-14-7-6-12(11(2)20)9-15(14)19(16)3/h4-9H,1-3H3. The van der Waals surface area contributed by atoms with E-state index in [1.165, 1.54) is 0 Å². The van der Waals surface area contributed by atoms with Crippen molar-refractivity contribution in [3.8, 4) is 11.4 Å². The van der Waals surface area contributed by atoms with Gasteiger partial charge in [0.05, 0.1) is 11.0 Å². The van der Waals surface area contributed by atoms with Crippen LogP contribution in [0.5, 0.6) is 0 Å². The number of pyridine rings is 1. The first kappa shape index (κ1) is 12.5. The maximum Gasteiger partial charge on any atom is 0.159 e. The number of nitrogens with zero attached hydrogens (tertiary/aromatic N) is 3. The average molecular weight is 265 g/mol. The van der Waals surface area contributed by atoms with Crippen molar-refractivity contribution in [3.05, 3.63) is 47.8 Å². The normalized spacial score (nSPS) is 10.9. The highest BCUT2D eigenvalue weighted by molar-refractivity contribution is 5.97. The number of aromatic nitrogens is 3. The summed E-state index contributed by atoms with van der Waals surface area (Å²) in [6.45, 7) is 3.54. The number of rotatable bonds is 2. The molecular formula is C16H15N3O. The highest BCUT2D eigenvalue weighted by atomic mass is 16.1. The van der Waals surface area contributed by atoms with Gasteiger partial charge in [-0.25, -0.2) is 4.98 Å². The van der Waals surface area contributed by atoms with E-state index < -0.39 is 0 Å². The minimum Gasteiger partial charge on any atom is -0.327 e. The van der Waals surface area contributed by atoms with Crippen LogP contribution in [0, 0.1) is 6.92 Å². The van der Waals surface area contributed by atoms with Crippen molar-refractivity contribution < 1.29 is 4.79 Å². The lowest BCUT2D eigenvalue weighted by molar-refractivity contribution is 0.101. The summed E-state index contributed by atoms with van der Waals surface area (Å²) in [4.78, 5) is 20.5. The number of benzene rings is 1. The zero-order valence-corrected chi connectivity index (χ0v) is 11.7. The Labute approximate surface area is 117 Å². The molecule has 4 nitrogen and oxygen atoms in total. The van der Waals surface area contributed by atoms with E-state index in [0.29, 0.717) is 5.56 Å². The molecule has 20 heavy (non-hydrogen) atoms. The van der Waals surface area contributed by atoms with Crippen LogP contribution in [0.15, 0.2) is 36.5 Å². The summed E-state index contributed by atoms with van der Waals surface area (Å²) in [6.07, 6.45) is 1.77. The van der Waals surface area contributed by atoms with Gasteiger partial charge in [0.15, 0.2) is 5.78 Å². The van der Waals surface area contributed by atoms with Gasteiger partial charge in [0.25, 0.3) is 0 Å². The molecular weight excluding hydrogens is 250 g/mol. The molecule has 0 saturated carbocycles. The summed E-state index contributed by atoms with van der Waals surface area (Å²) >= 11 is 0. The summed E-state index contributed by atoms with van der Waals surface area (Å²) in [5, 5.41) is 0. The topological polar surface area (TPSA) is 47.8 Å². The van der Waals surface area contributed by atoms with Crippen LogP contribution in [-0.2, 0) is 7.05 Å². The fraction of sp³-hybridized carbons (Fsp3) is 0.188. The number of imidazole rings is 1. The first-order chi connectivity index (χ1) is 9.58. The number of ketones is 1. The van der Waals surface area contributed by atoms with Crippen molar-refractivity contribution in [2.75, 3.05) is 0 Å². The SMILES string of the molecule is CC(=O)c1ccc2nc(-c3cccnc3C)n(C)c2c1. The molecule has 4 heteroatoms. The maximum atomic E-state index is 11.5. The smallest absolute Gasteiger partial charge is 0.159 e. The van der Waals surface area contributed by atoms with Crippen molar-refractivity contribution in [3.63, 3.8) is 0 Å². The quantitative estimate of drug-likeness (QED) is 0.669. The summed E-state index contributed by atoms with van der Waals surface area (Å²) in [5.74, 6) is 0.929. The molecule has 0 aliphatic rings. The Kier molecular flexibility index (Phi) is 2.86. The lowest BCUT2D eigenvalue weighted by Crippen LogP contribution is -1.96. The van der Waals surface area contributed by atoms with Gasteiger partial charge in [0.2, 0.25) is 0 Å². The molecule has 0 amide bonds. The van der Waals surface area contributed by atoms with Crippen LogP contribution in [0.25, 0.3) is 22.4 Å². The third-order valence-corrected chi connectivity index (χ3v) is 3.54. The number of Topliss-reactive ketones (excluding diaryl/α,β-unsaturated/α-hetero) is 1. The maximum absolute atomic E-state index is 11.5. The van der Waals surface area contributed by atoms with Gasteiger partial charge in [0.1, 0.15) is 5.82 Å². The van der Waals surface area contributed by atoms with E-state index in [-0.39, 0.29) is 5.78 Å². The number of hydrogen-bond donors (Lipinski definition) is 0. The molecule has 3 aromatic rings. The molecule has 0 fully saturated rings. The monoisotopic (exact) mass is 265 g/mol. The van der Waals surface area contributed by atoms with Gasteiger partial charge in [-0.05, 0) is 44.2 Å². The summed E-state index contributed by atoms with van der Waals surface area (Å²) in [6, 6.07) is 9.51. The molecule has 0 aliphatic heterocycles. The molecule has 0 radical (unpaired) electrons. The molecule has 0 spiro atoms. The van der Waals surface area contributed by atoms with Crippen LogP contribution in [0.2, 0.25) is 0 Å². The number of carbonyl (C=O) groups excluding carboxylic acids is 1. The largest absolute Gasteiger partial charge is 0.327 e. The third kappa shape index (κ3) is 1.90. The highest BCUT2D eigenvalue weighted by Gasteiger charge is 2.13. The summed E-state index contributed by atoms with van der Waals surface area (Å²) in [7, 11) is 1.96. The Morgan fingerprint density at radius 3 is 2.75 bits per heavy atom. The summed E-state index contributed by atoms with van der Waals surface area (Å²) < 4.78 is 2.01. The van der Waals surface area contributed by atoms with Crippen molar-refractivity contribution in [1.29, 1.82) is 0 Å². The van der Waals surface area contributed by atoms with Gasteiger partial charge in [-0.15, -0.1) is 0 Å². The van der Waals surface area contributed by atoms with Crippen molar-refractivity contribution >= 4 is 16.8 Å². The molecule has 0 unspecified atom stereocenters. The van der Waals surface area contributed by atoms with E-state index in [0.717, 1.165) is 28.1 Å². The van der Waals surface area contributed by atoms with Crippen molar-refractivity contribution in [1.82, 2.24) is 14.5 Å². The predicted molar refractivity (Wildman–Crippen MR) is 78.7 cm³/mol. The summed E-state index contributed by atoms with van der Waals surface area (Å²) in [5.41, 5.74) is 4.50. The second-order valence-electron chi connectivity index (χ2n) is 4.89. The van der Waals surface area contributed by atoms with Crippen LogP contribution >= 0.6 is 0 Å². The molecule has 2 aromatic heterocycles. The predicted octanol–water partition coefficient (Wildman–Crippen LogP) is 3.15. The molecule has 0 atom stereocenters. The molecule has 0 saturated heterocycles. The van der Waals surface area contributed by atoms with Crippen LogP contribution in [-0.4, -0.2) is 20.3 Å². The van der Waals surface area contributed by atoms with E-state index in [2.05, 4.69) is 9.97 Å². The van der Waals surface area contributed by atoms with E-state index in [1.54, 1.807) is 13.1 Å². The van der Waals surface area contributed by atoms with E-state index in [4.69, 9.17) is 0 Å². The third-order valence-electron chi connectivity index (χ3n) is 3.54. The van der Waals surface area contributed by atoms with Gasteiger partial charge in [0, 0.05) is 30.1 Å². The van der Waals surface area contributed by atoms with Gasteiger partial charge in [-0.3, -0.25) is 9.78 Å². The molecule has 0 N–H and O–H groups in total. The number of carbonyl (C=O) groups is 1. The van der Waals surface area contributed by atoms with Gasteiger partial charge < -0.3 is 4.57 Å². The van der Waals surface area contributed by atoms with Crippen LogP contribution in [0.4, 0.5) is 0 Å². The molecule has 100 valence electrons. The minimum atomic E-state index is 0.0622. The number of hydrogen-bond acceptors (Lipinski definition) is 3. The van der Waals surface area contributed by atoms with Gasteiger partial charge in [-0.2, -0.15) is 0 Å². The second-order valence-corrected chi connectivity index (χ2v) is 4.89. The van der Waals surface area contributed by atoms with E-state index in [1.807, 2.05) is 48.9 Å². The Morgan fingerprint density at radius 2 is 2.05 bits per heavy atom. The fourth-order valence-corrected chi connectivity index (χ4v) is 2.37. The van der Waals surface area contributed by atoms with E-state index >= 15 is 0 Å². The van der Waals surface area contributed by atoms with Crippen molar-refractivity contribution in [2.24, 2.45) is 7.05 Å². The zero-order valence-electron chi connectivity index (χ0n) is 11.7. The molecule has 0 bridgehead atoms. The molecule has 1 aromatic carbocycles. The zero-order chi connectivity index (χ0) is 14.3. The molecule has 3 rings (SSSR count). The number of aryl methyl sites for hydroxylation is 2. The van der Waals surface area contributed by atoms with Crippen LogP contribution in [0.1, 0.15) is 23.0 Å². The second kappa shape index (κ2) is 4.56. The fourth-order valence-electron chi connectivity index (χ4n) is 2.37. The van der Waals surface area contributed by atoms with Crippen LogP contribution < -0.4 is 0 Å². The first-order valence-electron chi connectivity index (χ1n) is 6.47. The van der Waals surface area contributed by atoms with Gasteiger partial charge in [-0.1, -0.05) is 0 Å². The lowest BCUT2D eigenvalue weighted by Gasteiger charge is -2.05.